The van der Waals surface area contributed by atoms with Gasteiger partial charge in [-0.15, -0.1) is 0 Å². The van der Waals surface area contributed by atoms with Gasteiger partial charge in [-0.2, -0.15) is 0 Å². The number of non-ortho nitro benzene ring substituents is 2. The summed E-state index contributed by atoms with van der Waals surface area (Å²) < 4.78 is 0. The first kappa shape index (κ1) is 16.2. The second kappa shape index (κ2) is 5.77. The number of nitro groups is 2. The fourth-order valence-corrected chi connectivity index (χ4v) is 5.72. The second-order valence-electron chi connectivity index (χ2n) is 7.94. The molecule has 1 N–H and O–H groups in total. The van der Waals surface area contributed by atoms with Gasteiger partial charge < -0.3 is 5.32 Å². The Kier molecular flexibility index (Phi) is 3.47. The standard InChI is InChI=1S/C20H19N3O4/c24-22(25)14-5-3-11(4-6-14)20-19-13-2-1-12(9-13)18(19)16-10-15(23(26)27)7-8-17(16)21-20/h3-8,10,12-13,18-21H,1-2,9H2/t12-,13-,18-,19-,20-/m0/s1. The smallest absolute Gasteiger partial charge is 0.269 e. The molecule has 5 atom stereocenters. The van der Waals surface area contributed by atoms with Gasteiger partial charge in [0.25, 0.3) is 11.4 Å². The third kappa shape index (κ3) is 2.41. The van der Waals surface area contributed by atoms with Gasteiger partial charge in [-0.1, -0.05) is 12.1 Å². The average molecular weight is 365 g/mol. The number of anilines is 1. The first-order chi connectivity index (χ1) is 13.0. The van der Waals surface area contributed by atoms with E-state index in [0.717, 1.165) is 16.8 Å². The van der Waals surface area contributed by atoms with E-state index in [1.807, 2.05) is 18.2 Å². The topological polar surface area (TPSA) is 98.3 Å². The maximum Gasteiger partial charge on any atom is 0.269 e. The molecule has 2 saturated carbocycles. The number of nitrogens with one attached hydrogen (secondary N) is 1. The molecule has 2 aromatic carbocycles. The molecule has 0 unspecified atom stereocenters. The van der Waals surface area contributed by atoms with Crippen LogP contribution in [-0.2, 0) is 0 Å². The summed E-state index contributed by atoms with van der Waals surface area (Å²) in [6, 6.07) is 12.0. The van der Waals surface area contributed by atoms with Crippen molar-refractivity contribution in [2.75, 3.05) is 5.32 Å². The van der Waals surface area contributed by atoms with E-state index >= 15 is 0 Å². The molecule has 2 aromatic rings. The van der Waals surface area contributed by atoms with Gasteiger partial charge in [0, 0.05) is 30.0 Å². The van der Waals surface area contributed by atoms with Gasteiger partial charge in [0.1, 0.15) is 0 Å². The molecule has 0 amide bonds. The van der Waals surface area contributed by atoms with Crippen molar-refractivity contribution >= 4 is 17.1 Å². The molecule has 2 aliphatic carbocycles. The van der Waals surface area contributed by atoms with Crippen LogP contribution in [0, 0.1) is 38.0 Å². The highest BCUT2D eigenvalue weighted by Crippen LogP contribution is 2.63. The molecule has 2 bridgehead atoms. The lowest BCUT2D eigenvalue weighted by Gasteiger charge is -2.43. The summed E-state index contributed by atoms with van der Waals surface area (Å²) in [6.07, 6.45) is 3.55. The second-order valence-corrected chi connectivity index (χ2v) is 7.94. The zero-order chi connectivity index (χ0) is 18.7. The van der Waals surface area contributed by atoms with E-state index in [9.17, 15) is 20.2 Å². The molecular weight excluding hydrogens is 346 g/mol. The molecule has 0 saturated heterocycles. The lowest BCUT2D eigenvalue weighted by Crippen LogP contribution is -2.35. The molecule has 1 aliphatic heterocycles. The number of nitro benzene ring substituents is 2. The van der Waals surface area contributed by atoms with Gasteiger partial charge in [0.05, 0.1) is 15.9 Å². The van der Waals surface area contributed by atoms with Crippen molar-refractivity contribution in [1.82, 2.24) is 0 Å². The predicted molar refractivity (Wildman–Crippen MR) is 99.6 cm³/mol. The van der Waals surface area contributed by atoms with Gasteiger partial charge in [-0.3, -0.25) is 20.2 Å². The molecule has 7 nitrogen and oxygen atoms in total. The largest absolute Gasteiger partial charge is 0.378 e. The van der Waals surface area contributed by atoms with Crippen LogP contribution in [0.25, 0.3) is 0 Å². The molecule has 0 spiro atoms. The Balaban J connectivity index is 1.58. The normalized spacial score (nSPS) is 30.3. The van der Waals surface area contributed by atoms with Gasteiger partial charge in [-0.25, -0.2) is 0 Å². The summed E-state index contributed by atoms with van der Waals surface area (Å²) in [7, 11) is 0. The SMILES string of the molecule is O=[N+]([O-])c1ccc([C@@H]2Nc3ccc([N+](=O)[O-])cc3[C@@H]3[C@H]4CC[C@@H](C4)[C@@H]32)cc1. The van der Waals surface area contributed by atoms with Crippen molar-refractivity contribution in [1.29, 1.82) is 0 Å². The van der Waals surface area contributed by atoms with E-state index in [2.05, 4.69) is 5.32 Å². The zero-order valence-electron chi connectivity index (χ0n) is 14.6. The van der Waals surface area contributed by atoms with Crippen LogP contribution < -0.4 is 5.32 Å². The molecule has 7 heteroatoms. The average Bonchev–Trinajstić information content (AvgIpc) is 3.29. The third-order valence-electron chi connectivity index (χ3n) is 6.74. The minimum atomic E-state index is -0.382. The Bertz CT molecular complexity index is 943. The Morgan fingerprint density at radius 3 is 2.26 bits per heavy atom. The van der Waals surface area contributed by atoms with Crippen LogP contribution in [0.2, 0.25) is 0 Å². The number of fused-ring (bicyclic) bond motifs is 7. The van der Waals surface area contributed by atoms with Crippen LogP contribution >= 0.6 is 0 Å². The van der Waals surface area contributed by atoms with Crippen LogP contribution in [0.5, 0.6) is 0 Å². The van der Waals surface area contributed by atoms with Gasteiger partial charge in [0.2, 0.25) is 0 Å². The third-order valence-corrected chi connectivity index (χ3v) is 6.74. The van der Waals surface area contributed by atoms with Crippen LogP contribution in [0.1, 0.15) is 42.3 Å². The maximum absolute atomic E-state index is 11.2. The quantitative estimate of drug-likeness (QED) is 0.622. The first-order valence-electron chi connectivity index (χ1n) is 9.32. The van der Waals surface area contributed by atoms with E-state index in [4.69, 9.17) is 0 Å². The van der Waals surface area contributed by atoms with E-state index in [1.165, 1.54) is 19.3 Å². The predicted octanol–water partition coefficient (Wildman–Crippen LogP) is 4.80. The minimum absolute atomic E-state index is 0.0834. The lowest BCUT2D eigenvalue weighted by atomic mass is 9.68. The van der Waals surface area contributed by atoms with E-state index in [0.29, 0.717) is 23.7 Å². The molecule has 0 radical (unpaired) electrons. The van der Waals surface area contributed by atoms with E-state index in [-0.39, 0.29) is 27.3 Å². The number of benzene rings is 2. The fraction of sp³-hybridized carbons (Fsp3) is 0.400. The van der Waals surface area contributed by atoms with E-state index in [1.54, 1.807) is 24.3 Å². The van der Waals surface area contributed by atoms with Gasteiger partial charge in [-0.05, 0) is 60.1 Å². The molecule has 27 heavy (non-hydrogen) atoms. The summed E-state index contributed by atoms with van der Waals surface area (Å²) in [6.45, 7) is 0. The number of rotatable bonds is 3. The molecule has 5 rings (SSSR count). The summed E-state index contributed by atoms with van der Waals surface area (Å²) >= 11 is 0. The van der Waals surface area contributed by atoms with Crippen LogP contribution in [0.4, 0.5) is 17.1 Å². The Hall–Kier alpha value is -2.96. The number of hydrogen-bond donors (Lipinski definition) is 1. The maximum atomic E-state index is 11.2. The van der Waals surface area contributed by atoms with Crippen molar-refractivity contribution in [2.45, 2.75) is 31.2 Å². The fourth-order valence-electron chi connectivity index (χ4n) is 5.72. The van der Waals surface area contributed by atoms with Crippen LogP contribution in [-0.4, -0.2) is 9.85 Å². The molecule has 138 valence electrons. The van der Waals surface area contributed by atoms with Crippen molar-refractivity contribution < 1.29 is 9.85 Å². The van der Waals surface area contributed by atoms with Crippen LogP contribution in [0.3, 0.4) is 0 Å². The summed E-state index contributed by atoms with van der Waals surface area (Å²) in [5.74, 6) is 1.86. The highest BCUT2D eigenvalue weighted by Gasteiger charge is 2.54. The van der Waals surface area contributed by atoms with Crippen molar-refractivity contribution in [3.63, 3.8) is 0 Å². The van der Waals surface area contributed by atoms with E-state index < -0.39 is 0 Å². The lowest BCUT2D eigenvalue weighted by molar-refractivity contribution is -0.385. The van der Waals surface area contributed by atoms with Crippen molar-refractivity contribution in [3.05, 3.63) is 73.8 Å². The Morgan fingerprint density at radius 1 is 0.889 bits per heavy atom. The van der Waals surface area contributed by atoms with Crippen molar-refractivity contribution in [2.24, 2.45) is 17.8 Å². The molecule has 2 fully saturated rings. The Labute approximate surface area is 155 Å². The van der Waals surface area contributed by atoms with Gasteiger partial charge >= 0.3 is 0 Å². The minimum Gasteiger partial charge on any atom is -0.378 e. The monoisotopic (exact) mass is 365 g/mol. The molecule has 1 heterocycles. The van der Waals surface area contributed by atoms with Crippen LogP contribution in [0.15, 0.2) is 42.5 Å². The zero-order valence-corrected chi connectivity index (χ0v) is 14.6. The van der Waals surface area contributed by atoms with Gasteiger partial charge in [0.15, 0.2) is 0 Å². The molecule has 3 aliphatic rings. The summed E-state index contributed by atoms with van der Waals surface area (Å²) in [5.41, 5.74) is 3.31. The first-order valence-corrected chi connectivity index (χ1v) is 9.32. The highest BCUT2D eigenvalue weighted by atomic mass is 16.6. The molecular formula is C20H19N3O4. The van der Waals surface area contributed by atoms with Crippen molar-refractivity contribution in [3.8, 4) is 0 Å². The number of hydrogen-bond acceptors (Lipinski definition) is 5. The highest BCUT2D eigenvalue weighted by molar-refractivity contribution is 5.62. The summed E-state index contributed by atoms with van der Waals surface area (Å²) in [5, 5.41) is 25.8. The summed E-state index contributed by atoms with van der Waals surface area (Å²) in [4.78, 5) is 21.5. The molecule has 0 aromatic heterocycles. The number of nitrogens with zero attached hydrogens (tertiary/aromatic N) is 2. The Morgan fingerprint density at radius 2 is 1.56 bits per heavy atom.